The Balaban J connectivity index is 2.05. The monoisotopic (exact) mass is 297 g/mol. The van der Waals surface area contributed by atoms with Crippen molar-refractivity contribution >= 4 is 34.4 Å². The van der Waals surface area contributed by atoms with Gasteiger partial charge in [-0.2, -0.15) is 0 Å². The summed E-state index contributed by atoms with van der Waals surface area (Å²) < 4.78 is 2.18. The van der Waals surface area contributed by atoms with Gasteiger partial charge in [-0.1, -0.05) is 24.4 Å². The maximum absolute atomic E-state index is 6.26. The van der Waals surface area contributed by atoms with Crippen LogP contribution in [0, 0.1) is 5.92 Å². The number of imidazole rings is 1. The molecule has 1 unspecified atom stereocenters. The summed E-state index contributed by atoms with van der Waals surface area (Å²) >= 11 is 12.2. The first-order valence-corrected chi connectivity index (χ1v) is 7.62. The Morgan fingerprint density at radius 3 is 2.84 bits per heavy atom. The van der Waals surface area contributed by atoms with Crippen molar-refractivity contribution in [2.24, 2.45) is 5.92 Å². The Kier molecular flexibility index (Phi) is 3.68. The maximum Gasteiger partial charge on any atom is 0.160 e. The highest BCUT2D eigenvalue weighted by atomic mass is 35.5. The number of nitrogens with zero attached hydrogens (tertiary/aromatic N) is 3. The summed E-state index contributed by atoms with van der Waals surface area (Å²) in [5.41, 5.74) is 1.74. The van der Waals surface area contributed by atoms with Crippen LogP contribution in [0.5, 0.6) is 0 Å². The first-order valence-electron chi connectivity index (χ1n) is 6.81. The first-order chi connectivity index (χ1) is 9.15. The second-order valence-corrected chi connectivity index (χ2v) is 6.43. The van der Waals surface area contributed by atoms with Gasteiger partial charge in [0, 0.05) is 12.7 Å². The predicted octanol–water partition coefficient (Wildman–Crippen LogP) is 4.57. The normalized spacial score (nSPS) is 18.3. The molecule has 0 aliphatic heterocycles. The lowest BCUT2D eigenvalue weighted by Crippen LogP contribution is -2.11. The Hall–Kier alpha value is -0.800. The van der Waals surface area contributed by atoms with E-state index in [2.05, 4.69) is 14.5 Å². The minimum atomic E-state index is -0.116. The molecule has 5 heteroatoms. The SMILES string of the molecule is CC(Cl)c1nc2cc(Cl)cnc2n1CC1CCCC1. The molecule has 19 heavy (non-hydrogen) atoms. The van der Waals surface area contributed by atoms with Gasteiger partial charge in [0.2, 0.25) is 0 Å². The van der Waals surface area contributed by atoms with E-state index >= 15 is 0 Å². The Morgan fingerprint density at radius 1 is 1.42 bits per heavy atom. The maximum atomic E-state index is 6.26. The molecule has 1 aliphatic rings. The zero-order valence-corrected chi connectivity index (χ0v) is 12.5. The molecule has 0 spiro atoms. The van der Waals surface area contributed by atoms with Crippen molar-refractivity contribution in [1.29, 1.82) is 0 Å². The zero-order chi connectivity index (χ0) is 13.4. The lowest BCUT2D eigenvalue weighted by atomic mass is 10.1. The summed E-state index contributed by atoms with van der Waals surface area (Å²) in [5.74, 6) is 1.63. The van der Waals surface area contributed by atoms with Gasteiger partial charge in [0.1, 0.15) is 11.3 Å². The van der Waals surface area contributed by atoms with Crippen molar-refractivity contribution < 1.29 is 0 Å². The Labute approximate surface area is 122 Å². The lowest BCUT2D eigenvalue weighted by Gasteiger charge is -2.14. The molecule has 2 aromatic rings. The molecule has 2 aromatic heterocycles. The van der Waals surface area contributed by atoms with Crippen LogP contribution in [0.3, 0.4) is 0 Å². The van der Waals surface area contributed by atoms with Gasteiger partial charge in [0.25, 0.3) is 0 Å². The third kappa shape index (κ3) is 2.59. The minimum absolute atomic E-state index is 0.116. The third-order valence-corrected chi connectivity index (χ3v) is 4.25. The van der Waals surface area contributed by atoms with Crippen LogP contribution in [0.2, 0.25) is 5.02 Å². The van der Waals surface area contributed by atoms with Gasteiger partial charge in [0.15, 0.2) is 5.65 Å². The molecule has 2 heterocycles. The second-order valence-electron chi connectivity index (χ2n) is 5.34. The van der Waals surface area contributed by atoms with Crippen molar-refractivity contribution in [1.82, 2.24) is 14.5 Å². The molecule has 1 saturated carbocycles. The van der Waals surface area contributed by atoms with Crippen LogP contribution in [0.1, 0.15) is 43.8 Å². The largest absolute Gasteiger partial charge is 0.311 e. The van der Waals surface area contributed by atoms with Gasteiger partial charge in [-0.3, -0.25) is 0 Å². The first kappa shape index (κ1) is 13.2. The van der Waals surface area contributed by atoms with Crippen molar-refractivity contribution in [3.05, 3.63) is 23.1 Å². The highest BCUT2D eigenvalue weighted by Gasteiger charge is 2.21. The topological polar surface area (TPSA) is 30.7 Å². The molecule has 1 fully saturated rings. The number of hydrogen-bond acceptors (Lipinski definition) is 2. The van der Waals surface area contributed by atoms with Crippen LogP contribution < -0.4 is 0 Å². The molecule has 0 aromatic carbocycles. The van der Waals surface area contributed by atoms with E-state index in [0.29, 0.717) is 5.02 Å². The second kappa shape index (κ2) is 5.29. The summed E-state index contributed by atoms with van der Waals surface area (Å²) in [4.78, 5) is 9.03. The number of fused-ring (bicyclic) bond motifs is 1. The van der Waals surface area contributed by atoms with Gasteiger partial charge in [-0.05, 0) is 31.7 Å². The molecular weight excluding hydrogens is 281 g/mol. The molecule has 0 saturated heterocycles. The summed E-state index contributed by atoms with van der Waals surface area (Å²) in [7, 11) is 0. The summed E-state index contributed by atoms with van der Waals surface area (Å²) in [6.07, 6.45) is 6.94. The van der Waals surface area contributed by atoms with E-state index in [1.54, 1.807) is 6.20 Å². The van der Waals surface area contributed by atoms with Crippen molar-refractivity contribution in [2.75, 3.05) is 0 Å². The van der Waals surface area contributed by atoms with E-state index in [1.807, 2.05) is 13.0 Å². The van der Waals surface area contributed by atoms with E-state index < -0.39 is 0 Å². The van der Waals surface area contributed by atoms with Gasteiger partial charge in [-0.15, -0.1) is 11.6 Å². The third-order valence-electron chi connectivity index (χ3n) is 3.85. The molecule has 1 aliphatic carbocycles. The van der Waals surface area contributed by atoms with Crippen molar-refractivity contribution in [3.63, 3.8) is 0 Å². The molecule has 3 nitrogen and oxygen atoms in total. The van der Waals surface area contributed by atoms with Crippen LogP contribution in [0.15, 0.2) is 12.3 Å². The molecular formula is C14H17Cl2N3. The summed E-state index contributed by atoms with van der Waals surface area (Å²) in [6.45, 7) is 2.92. The van der Waals surface area contributed by atoms with Crippen LogP contribution in [-0.2, 0) is 6.54 Å². The zero-order valence-electron chi connectivity index (χ0n) is 10.9. The van der Waals surface area contributed by atoms with Crippen LogP contribution >= 0.6 is 23.2 Å². The van der Waals surface area contributed by atoms with Crippen LogP contribution in [-0.4, -0.2) is 14.5 Å². The lowest BCUT2D eigenvalue weighted by molar-refractivity contribution is 0.453. The Bertz CT molecular complexity index is 586. The molecule has 0 bridgehead atoms. The smallest absolute Gasteiger partial charge is 0.160 e. The van der Waals surface area contributed by atoms with E-state index in [-0.39, 0.29) is 5.38 Å². The average Bonchev–Trinajstić information content (AvgIpc) is 2.97. The molecule has 102 valence electrons. The van der Waals surface area contributed by atoms with E-state index in [0.717, 1.165) is 29.5 Å². The van der Waals surface area contributed by atoms with Gasteiger partial charge in [-0.25, -0.2) is 9.97 Å². The van der Waals surface area contributed by atoms with Crippen molar-refractivity contribution in [3.8, 4) is 0 Å². The molecule has 0 amide bonds. The average molecular weight is 298 g/mol. The highest BCUT2D eigenvalue weighted by molar-refractivity contribution is 6.31. The standard InChI is InChI=1S/C14H17Cl2N3/c1-9(15)13-18-12-6-11(16)7-17-14(12)19(13)8-10-4-2-3-5-10/h6-7,9-10H,2-5,8H2,1H3. The van der Waals surface area contributed by atoms with Gasteiger partial charge >= 0.3 is 0 Å². The van der Waals surface area contributed by atoms with Crippen LogP contribution in [0.25, 0.3) is 11.2 Å². The number of alkyl halides is 1. The Morgan fingerprint density at radius 2 is 2.16 bits per heavy atom. The highest BCUT2D eigenvalue weighted by Crippen LogP contribution is 2.30. The number of rotatable bonds is 3. The van der Waals surface area contributed by atoms with E-state index in [9.17, 15) is 0 Å². The molecule has 0 N–H and O–H groups in total. The predicted molar refractivity (Wildman–Crippen MR) is 78.8 cm³/mol. The van der Waals surface area contributed by atoms with E-state index in [4.69, 9.17) is 23.2 Å². The number of aromatic nitrogens is 3. The quantitative estimate of drug-likeness (QED) is 0.777. The van der Waals surface area contributed by atoms with Gasteiger partial charge in [0.05, 0.1) is 10.4 Å². The summed E-state index contributed by atoms with van der Waals surface area (Å²) in [6, 6.07) is 1.86. The molecule has 0 radical (unpaired) electrons. The fourth-order valence-electron chi connectivity index (χ4n) is 2.94. The number of halogens is 2. The van der Waals surface area contributed by atoms with Crippen molar-refractivity contribution in [2.45, 2.75) is 44.5 Å². The fraction of sp³-hybridized carbons (Fsp3) is 0.571. The molecule has 3 rings (SSSR count). The number of pyridine rings is 1. The van der Waals surface area contributed by atoms with Gasteiger partial charge < -0.3 is 4.57 Å². The minimum Gasteiger partial charge on any atom is -0.311 e. The number of hydrogen-bond donors (Lipinski definition) is 0. The molecule has 1 atom stereocenters. The van der Waals surface area contributed by atoms with E-state index in [1.165, 1.54) is 25.7 Å². The summed E-state index contributed by atoms with van der Waals surface area (Å²) in [5, 5.41) is 0.501. The van der Waals surface area contributed by atoms with Crippen LogP contribution in [0.4, 0.5) is 0 Å². The fourth-order valence-corrected chi connectivity index (χ4v) is 3.26.